The van der Waals surface area contributed by atoms with Crippen molar-refractivity contribution in [2.45, 2.75) is 103 Å². The first kappa shape index (κ1) is 33.9. The number of carbonyl (C=O) groups is 3. The first-order chi connectivity index (χ1) is 21.9. The van der Waals surface area contributed by atoms with Crippen molar-refractivity contribution >= 4 is 17.9 Å². The fourth-order valence-electron chi connectivity index (χ4n) is 6.00. The molecule has 1 heterocycles. The Morgan fingerprint density at radius 2 is 1.00 bits per heavy atom. The van der Waals surface area contributed by atoms with Crippen molar-refractivity contribution in [2.75, 3.05) is 19.8 Å². The van der Waals surface area contributed by atoms with Crippen molar-refractivity contribution in [3.8, 4) is 0 Å². The number of ether oxygens (including phenoxy) is 3. The molecule has 0 amide bonds. The van der Waals surface area contributed by atoms with Crippen molar-refractivity contribution in [3.05, 3.63) is 82.2 Å². The summed E-state index contributed by atoms with van der Waals surface area (Å²) >= 11 is 0. The molecule has 4 rings (SSSR count). The van der Waals surface area contributed by atoms with Crippen LogP contribution < -0.4 is 0 Å². The van der Waals surface area contributed by atoms with E-state index in [2.05, 4.69) is 48.5 Å². The summed E-state index contributed by atoms with van der Waals surface area (Å²) in [4.78, 5) is 37.0. The summed E-state index contributed by atoms with van der Waals surface area (Å²) in [7, 11) is 0. The van der Waals surface area contributed by atoms with Gasteiger partial charge in [-0.1, -0.05) is 48.5 Å². The second-order valence-electron chi connectivity index (χ2n) is 11.5. The lowest BCUT2D eigenvalue weighted by Crippen LogP contribution is -2.16. The van der Waals surface area contributed by atoms with E-state index in [-0.39, 0.29) is 29.7 Å². The van der Waals surface area contributed by atoms with Crippen LogP contribution in [0.4, 0.5) is 0 Å². The second kappa shape index (κ2) is 17.5. The maximum Gasteiger partial charge on any atom is 0.305 e. The minimum atomic E-state index is -0.199. The zero-order chi connectivity index (χ0) is 32.0. The molecular formula is C36H47N3O6. The van der Waals surface area contributed by atoms with Gasteiger partial charge in [-0.25, -0.2) is 0 Å². The molecule has 9 nitrogen and oxygen atoms in total. The Labute approximate surface area is 266 Å². The van der Waals surface area contributed by atoms with Crippen LogP contribution in [0.25, 0.3) is 0 Å². The summed E-state index contributed by atoms with van der Waals surface area (Å²) in [6, 6.07) is 17.3. The number of aryl methyl sites for hydroxylation is 3. The van der Waals surface area contributed by atoms with Crippen molar-refractivity contribution in [1.29, 1.82) is 0 Å². The Morgan fingerprint density at radius 3 is 1.38 bits per heavy atom. The summed E-state index contributed by atoms with van der Waals surface area (Å²) in [5.74, 6) is -0.230. The highest BCUT2D eigenvalue weighted by Crippen LogP contribution is 2.43. The Hall–Kier alpha value is -4.01. The molecule has 242 valence electrons. The molecule has 3 aromatic rings. The first-order valence-corrected chi connectivity index (χ1v) is 16.5. The molecule has 0 saturated heterocycles. The van der Waals surface area contributed by atoms with Gasteiger partial charge < -0.3 is 14.2 Å². The predicted octanol–water partition coefficient (Wildman–Crippen LogP) is 6.45. The monoisotopic (exact) mass is 617 g/mol. The molecule has 0 saturated carbocycles. The Bertz CT molecular complexity index is 1290. The lowest BCUT2D eigenvalue weighted by atomic mass is 9.76. The van der Waals surface area contributed by atoms with Gasteiger partial charge in [-0.05, 0) is 88.0 Å². The number of nitrogens with zero attached hydrogens (tertiary/aromatic N) is 3. The molecule has 0 N–H and O–H groups in total. The molecule has 1 aliphatic carbocycles. The molecule has 2 unspecified atom stereocenters. The molecule has 2 atom stereocenters. The highest BCUT2D eigenvalue weighted by molar-refractivity contribution is 5.70. The second-order valence-corrected chi connectivity index (χ2v) is 11.5. The van der Waals surface area contributed by atoms with Gasteiger partial charge in [-0.3, -0.25) is 14.4 Å². The zero-order valence-electron chi connectivity index (χ0n) is 27.0. The standard InChI is InChI=1S/C36H47N3O6/c1-4-43-32(40)12-7-10-26-15-19-28(20-16-26)30-23-24-31(29-21-17-27(18-22-29)11-8-13-33(41)44-5-2)36-35(30)37-39(38-36)25-9-14-34(42)45-6-3/h15-22,30-31H,4-14,23-25H2,1-3H3. The molecule has 0 fully saturated rings. The van der Waals surface area contributed by atoms with Gasteiger partial charge in [0.15, 0.2) is 0 Å². The Morgan fingerprint density at radius 1 is 0.622 bits per heavy atom. The van der Waals surface area contributed by atoms with Gasteiger partial charge >= 0.3 is 17.9 Å². The Kier molecular flexibility index (Phi) is 13.2. The Balaban J connectivity index is 1.48. The fraction of sp³-hybridized carbons (Fsp3) is 0.528. The predicted molar refractivity (Wildman–Crippen MR) is 171 cm³/mol. The average molecular weight is 618 g/mol. The summed E-state index contributed by atoms with van der Waals surface area (Å²) in [6.07, 6.45) is 6.87. The number of esters is 3. The highest BCUT2D eigenvalue weighted by Gasteiger charge is 2.34. The normalized spacial score (nSPS) is 15.7. The summed E-state index contributed by atoms with van der Waals surface area (Å²) < 4.78 is 15.2. The topological polar surface area (TPSA) is 110 Å². The van der Waals surface area contributed by atoms with Crippen LogP contribution in [0.1, 0.15) is 118 Å². The highest BCUT2D eigenvalue weighted by atomic mass is 16.5. The van der Waals surface area contributed by atoms with E-state index >= 15 is 0 Å². The lowest BCUT2D eigenvalue weighted by Gasteiger charge is -2.27. The number of carbonyl (C=O) groups excluding carboxylic acids is 3. The van der Waals surface area contributed by atoms with Crippen molar-refractivity contribution < 1.29 is 28.6 Å². The molecule has 2 aromatic carbocycles. The van der Waals surface area contributed by atoms with Crippen LogP contribution in [0.3, 0.4) is 0 Å². The number of hydrogen-bond acceptors (Lipinski definition) is 8. The third kappa shape index (κ3) is 9.99. The summed E-state index contributed by atoms with van der Waals surface area (Å²) in [5, 5.41) is 9.97. The van der Waals surface area contributed by atoms with Gasteiger partial charge in [0.2, 0.25) is 0 Å². The minimum absolute atomic E-state index is 0.130. The van der Waals surface area contributed by atoms with E-state index in [1.165, 1.54) is 22.3 Å². The number of aromatic nitrogens is 3. The van der Waals surface area contributed by atoms with Crippen LogP contribution in [0.15, 0.2) is 48.5 Å². The van der Waals surface area contributed by atoms with Crippen LogP contribution in [-0.4, -0.2) is 52.7 Å². The quantitative estimate of drug-likeness (QED) is 0.126. The van der Waals surface area contributed by atoms with Crippen LogP contribution in [0, 0.1) is 0 Å². The summed E-state index contributed by atoms with van der Waals surface area (Å²) in [6.45, 7) is 7.22. The van der Waals surface area contributed by atoms with E-state index in [4.69, 9.17) is 24.4 Å². The SMILES string of the molecule is CCOC(=O)CCCc1ccc(C2CCC(c3ccc(CCCC(=O)OCC)cc3)c3nn(CCCC(=O)OCC)nc32)cc1. The third-order valence-corrected chi connectivity index (χ3v) is 8.22. The van der Waals surface area contributed by atoms with Crippen molar-refractivity contribution in [1.82, 2.24) is 15.0 Å². The molecule has 1 aliphatic rings. The molecule has 0 radical (unpaired) electrons. The molecular weight excluding hydrogens is 570 g/mol. The third-order valence-electron chi connectivity index (χ3n) is 8.22. The van der Waals surface area contributed by atoms with Crippen LogP contribution >= 0.6 is 0 Å². The van der Waals surface area contributed by atoms with Gasteiger partial charge in [0, 0.05) is 31.1 Å². The number of fused-ring (bicyclic) bond motifs is 1. The molecule has 9 heteroatoms. The van der Waals surface area contributed by atoms with E-state index in [0.717, 1.165) is 49.9 Å². The zero-order valence-corrected chi connectivity index (χ0v) is 27.0. The van der Waals surface area contributed by atoms with E-state index in [0.29, 0.717) is 52.0 Å². The van der Waals surface area contributed by atoms with Crippen molar-refractivity contribution in [3.63, 3.8) is 0 Å². The van der Waals surface area contributed by atoms with Crippen LogP contribution in [0.2, 0.25) is 0 Å². The molecule has 0 aliphatic heterocycles. The fourth-order valence-corrected chi connectivity index (χ4v) is 6.00. The lowest BCUT2D eigenvalue weighted by molar-refractivity contribution is -0.144. The first-order valence-electron chi connectivity index (χ1n) is 16.5. The smallest absolute Gasteiger partial charge is 0.305 e. The van der Waals surface area contributed by atoms with Gasteiger partial charge in [0.25, 0.3) is 0 Å². The van der Waals surface area contributed by atoms with E-state index in [1.54, 1.807) is 4.80 Å². The maximum absolute atomic E-state index is 11.9. The van der Waals surface area contributed by atoms with Crippen LogP contribution in [0.5, 0.6) is 0 Å². The van der Waals surface area contributed by atoms with Crippen molar-refractivity contribution in [2.24, 2.45) is 0 Å². The molecule has 0 bridgehead atoms. The largest absolute Gasteiger partial charge is 0.466 e. The summed E-state index contributed by atoms with van der Waals surface area (Å²) in [5.41, 5.74) is 6.80. The van der Waals surface area contributed by atoms with E-state index in [1.807, 2.05) is 20.8 Å². The van der Waals surface area contributed by atoms with Crippen LogP contribution in [-0.2, 0) is 48.0 Å². The number of hydrogen-bond donors (Lipinski definition) is 0. The molecule has 0 spiro atoms. The molecule has 1 aromatic heterocycles. The van der Waals surface area contributed by atoms with Gasteiger partial charge in [-0.15, -0.1) is 0 Å². The maximum atomic E-state index is 11.9. The van der Waals surface area contributed by atoms with E-state index in [9.17, 15) is 14.4 Å². The van der Waals surface area contributed by atoms with Gasteiger partial charge in [-0.2, -0.15) is 15.0 Å². The average Bonchev–Trinajstić information content (AvgIpc) is 3.46. The van der Waals surface area contributed by atoms with Gasteiger partial charge in [0.1, 0.15) is 0 Å². The minimum Gasteiger partial charge on any atom is -0.466 e. The van der Waals surface area contributed by atoms with E-state index < -0.39 is 0 Å². The number of benzene rings is 2. The van der Waals surface area contributed by atoms with Gasteiger partial charge in [0.05, 0.1) is 37.8 Å². The number of rotatable bonds is 17. The molecule has 45 heavy (non-hydrogen) atoms.